The molecule has 0 saturated carbocycles. The number of cyclic esters (lactones) is 1. The summed E-state index contributed by atoms with van der Waals surface area (Å²) >= 11 is 0. The first kappa shape index (κ1) is 36.6. The van der Waals surface area contributed by atoms with Gasteiger partial charge in [-0.05, 0) is 72.1 Å². The minimum Gasteiger partial charge on any atom is -0.457 e. The summed E-state index contributed by atoms with van der Waals surface area (Å²) in [5.41, 5.74) is -0.451. The number of nitrogens with zero attached hydrogens (tertiary/aromatic N) is 4. The van der Waals surface area contributed by atoms with E-state index < -0.39 is 45.2 Å². The maximum atomic E-state index is 13.8. The number of hydrogen-bond donors (Lipinski definition) is 1. The van der Waals surface area contributed by atoms with E-state index in [2.05, 4.69) is 9.71 Å². The minimum absolute atomic E-state index is 0.0169. The highest BCUT2D eigenvalue weighted by atomic mass is 32.2. The van der Waals surface area contributed by atoms with Crippen molar-refractivity contribution in [1.29, 1.82) is 0 Å². The Bertz CT molecular complexity index is 2070. The standard InChI is InChI=1S/C36H44N5O9S/c1-7-36(26-16-28-31-23(15-22-11-9-10-12-27(22)38-31)20-40(28)32(43)25(26)21-49-33(36)44)50-30(42)19-37-29(39-51(46,47)8-2)13-14-48-24-17-34(3,4)41(45)35(5,6)18-24/h9-12,15-16,24H,7-8,13-14,17-21H2,1-6H3,(H,37,39)/t36-/m0/s1. The molecule has 2 aromatic heterocycles. The highest BCUT2D eigenvalue weighted by molar-refractivity contribution is 7.90. The molecule has 6 rings (SSSR count). The lowest BCUT2D eigenvalue weighted by molar-refractivity contribution is -0.301. The maximum Gasteiger partial charge on any atom is 0.355 e. The van der Waals surface area contributed by atoms with Gasteiger partial charge in [-0.15, -0.1) is 10.3 Å². The monoisotopic (exact) mass is 722 g/mol. The van der Waals surface area contributed by atoms with Crippen molar-refractivity contribution in [2.45, 2.75) is 103 Å². The summed E-state index contributed by atoms with van der Waals surface area (Å²) in [6.07, 6.45) is 0.719. The van der Waals surface area contributed by atoms with Crippen molar-refractivity contribution in [3.63, 3.8) is 0 Å². The lowest BCUT2D eigenvalue weighted by atomic mass is 9.80. The number of pyridine rings is 2. The lowest BCUT2D eigenvalue weighted by Gasteiger charge is -2.49. The molecule has 273 valence electrons. The summed E-state index contributed by atoms with van der Waals surface area (Å²) in [7, 11) is -3.76. The number of aromatic nitrogens is 2. The van der Waals surface area contributed by atoms with Gasteiger partial charge < -0.3 is 18.8 Å². The minimum atomic E-state index is -3.76. The molecule has 1 aromatic carbocycles. The molecule has 1 fully saturated rings. The first-order valence-corrected chi connectivity index (χ1v) is 18.8. The summed E-state index contributed by atoms with van der Waals surface area (Å²) in [4.78, 5) is 49.8. The third kappa shape index (κ3) is 6.91. The molecule has 1 atom stereocenters. The zero-order valence-electron chi connectivity index (χ0n) is 29.8. The van der Waals surface area contributed by atoms with Crippen LogP contribution in [0.2, 0.25) is 0 Å². The first-order valence-electron chi connectivity index (χ1n) is 17.2. The van der Waals surface area contributed by atoms with Gasteiger partial charge in [0.1, 0.15) is 19.0 Å². The highest BCUT2D eigenvalue weighted by Gasteiger charge is 2.50. The number of rotatable bonds is 10. The quantitative estimate of drug-likeness (QED) is 0.144. The van der Waals surface area contributed by atoms with Crippen molar-refractivity contribution in [3.8, 4) is 11.4 Å². The van der Waals surface area contributed by atoms with E-state index in [0.717, 1.165) is 21.5 Å². The number of benzene rings is 1. The van der Waals surface area contributed by atoms with Gasteiger partial charge in [-0.2, -0.15) is 0 Å². The number of nitrogens with one attached hydrogen (secondary N) is 1. The largest absolute Gasteiger partial charge is 0.457 e. The van der Waals surface area contributed by atoms with Crippen LogP contribution in [0.25, 0.3) is 22.3 Å². The van der Waals surface area contributed by atoms with E-state index in [9.17, 15) is 28.0 Å². The van der Waals surface area contributed by atoms with Gasteiger partial charge >= 0.3 is 11.9 Å². The van der Waals surface area contributed by atoms with Crippen LogP contribution in [0.1, 0.15) is 83.9 Å². The van der Waals surface area contributed by atoms with Crippen molar-refractivity contribution in [1.82, 2.24) is 19.3 Å². The molecule has 1 radical (unpaired) electrons. The molecule has 0 unspecified atom stereocenters. The van der Waals surface area contributed by atoms with Crippen LogP contribution in [0.4, 0.5) is 0 Å². The molecule has 3 aromatic rings. The van der Waals surface area contributed by atoms with E-state index in [-0.39, 0.29) is 60.4 Å². The maximum absolute atomic E-state index is 13.8. The third-order valence-corrected chi connectivity index (χ3v) is 11.3. The molecule has 0 bridgehead atoms. The third-order valence-electron chi connectivity index (χ3n) is 9.97. The number of hydroxylamine groups is 2. The summed E-state index contributed by atoms with van der Waals surface area (Å²) in [6.45, 7) is 10.0. The molecule has 0 aliphatic carbocycles. The van der Waals surface area contributed by atoms with E-state index in [1.807, 2.05) is 58.0 Å². The Balaban J connectivity index is 1.24. The van der Waals surface area contributed by atoms with Crippen LogP contribution in [-0.4, -0.2) is 76.9 Å². The number of fused-ring (bicyclic) bond motifs is 5. The number of esters is 2. The predicted molar refractivity (Wildman–Crippen MR) is 188 cm³/mol. The van der Waals surface area contributed by atoms with Crippen molar-refractivity contribution < 1.29 is 37.4 Å². The van der Waals surface area contributed by atoms with Crippen molar-refractivity contribution in [2.75, 3.05) is 18.9 Å². The Kier molecular flexibility index (Phi) is 9.63. The first-order chi connectivity index (χ1) is 24.0. The number of ether oxygens (including phenoxy) is 3. The number of carbonyl (C=O) groups excluding carboxylic acids is 2. The summed E-state index contributed by atoms with van der Waals surface area (Å²) in [6, 6.07) is 11.3. The Morgan fingerprint density at radius 3 is 2.49 bits per heavy atom. The Morgan fingerprint density at radius 2 is 1.80 bits per heavy atom. The molecule has 3 aliphatic rings. The topological polar surface area (TPSA) is 178 Å². The molecule has 14 nitrogen and oxygen atoms in total. The van der Waals surface area contributed by atoms with Crippen molar-refractivity contribution >= 4 is 38.7 Å². The highest BCUT2D eigenvalue weighted by Crippen LogP contribution is 2.41. The molecule has 1 saturated heterocycles. The average Bonchev–Trinajstić information content (AvgIpc) is 3.43. The van der Waals surface area contributed by atoms with Gasteiger partial charge in [0.2, 0.25) is 15.6 Å². The molecule has 0 amide bonds. The Morgan fingerprint density at radius 1 is 1.10 bits per heavy atom. The van der Waals surface area contributed by atoms with E-state index >= 15 is 0 Å². The summed E-state index contributed by atoms with van der Waals surface area (Å²) in [5, 5.41) is 14.8. The van der Waals surface area contributed by atoms with Crippen LogP contribution < -0.4 is 10.3 Å². The smallest absolute Gasteiger partial charge is 0.355 e. The van der Waals surface area contributed by atoms with E-state index in [1.54, 1.807) is 17.6 Å². The molecular weight excluding hydrogens is 678 g/mol. The second kappa shape index (κ2) is 13.4. The second-order valence-electron chi connectivity index (χ2n) is 14.6. The summed E-state index contributed by atoms with van der Waals surface area (Å²) in [5.74, 6) is -1.99. The van der Waals surface area contributed by atoms with E-state index in [0.29, 0.717) is 30.8 Å². The van der Waals surface area contributed by atoms with E-state index in [1.165, 1.54) is 6.92 Å². The fourth-order valence-corrected chi connectivity index (χ4v) is 8.16. The van der Waals surface area contributed by atoms with Crippen molar-refractivity contribution in [3.05, 3.63) is 63.4 Å². The number of amidine groups is 1. The predicted octanol–water partition coefficient (Wildman–Crippen LogP) is 3.74. The van der Waals surface area contributed by atoms with Gasteiger partial charge in [0.25, 0.3) is 5.56 Å². The number of hydrogen-bond acceptors (Lipinski definition) is 11. The summed E-state index contributed by atoms with van der Waals surface area (Å²) < 4.78 is 46.4. The van der Waals surface area contributed by atoms with Crippen LogP contribution in [-0.2, 0) is 57.8 Å². The van der Waals surface area contributed by atoms with Crippen LogP contribution in [0.5, 0.6) is 0 Å². The SMILES string of the molecule is CC[C@@]1(OC(=O)CN=C(CCOC2CC(C)(C)N([O])C(C)(C)C2)NS(=O)(=O)CC)C(=O)OCc2c1cc1n(c2=O)Cc2cc3ccccc3nc2-1. The lowest BCUT2D eigenvalue weighted by Crippen LogP contribution is -2.59. The van der Waals surface area contributed by atoms with Gasteiger partial charge in [0.15, 0.2) is 0 Å². The van der Waals surface area contributed by atoms with E-state index in [4.69, 9.17) is 19.2 Å². The van der Waals surface area contributed by atoms with Gasteiger partial charge in [-0.25, -0.2) is 23.0 Å². The normalized spacial score (nSPS) is 21.5. The Hall–Kier alpha value is -4.18. The van der Waals surface area contributed by atoms with Crippen LogP contribution in [0.15, 0.2) is 46.2 Å². The second-order valence-corrected chi connectivity index (χ2v) is 16.6. The molecule has 3 aliphatic heterocycles. The number of para-hydroxylation sites is 1. The van der Waals surface area contributed by atoms with Gasteiger partial charge in [0.05, 0.1) is 47.5 Å². The average molecular weight is 723 g/mol. The zero-order valence-corrected chi connectivity index (χ0v) is 30.6. The molecule has 0 spiro atoms. The fourth-order valence-electron chi connectivity index (χ4n) is 7.49. The molecule has 5 heterocycles. The van der Waals surface area contributed by atoms with Crippen molar-refractivity contribution in [2.24, 2.45) is 4.99 Å². The van der Waals surface area contributed by atoms with Crippen LogP contribution in [0.3, 0.4) is 0 Å². The van der Waals surface area contributed by atoms with Gasteiger partial charge in [0, 0.05) is 34.0 Å². The molecule has 51 heavy (non-hydrogen) atoms. The number of aliphatic imine (C=N–C) groups is 1. The molecular formula is C36H44N5O9S. The molecule has 15 heteroatoms. The number of piperidine rings is 1. The fraction of sp³-hybridized carbons (Fsp3) is 0.528. The molecule has 1 N–H and O–H groups in total. The van der Waals surface area contributed by atoms with Crippen LogP contribution in [0, 0.1) is 0 Å². The van der Waals surface area contributed by atoms with Crippen LogP contribution >= 0.6 is 0 Å². The number of carbonyl (C=O) groups is 2. The van der Waals surface area contributed by atoms with Gasteiger partial charge in [-0.1, -0.05) is 25.1 Å². The Labute approximate surface area is 296 Å². The van der Waals surface area contributed by atoms with Gasteiger partial charge in [-0.3, -0.25) is 14.5 Å². The number of sulfonamides is 1. The zero-order chi connectivity index (χ0) is 36.9.